The summed E-state index contributed by atoms with van der Waals surface area (Å²) in [4.78, 5) is 11.5. The summed E-state index contributed by atoms with van der Waals surface area (Å²) in [6.45, 7) is 6.00. The van der Waals surface area contributed by atoms with E-state index in [1.54, 1.807) is 11.9 Å². The van der Waals surface area contributed by atoms with Crippen molar-refractivity contribution < 1.29 is 4.79 Å². The standard InChI is InChI=1S/C12H20N2O/c1-8(2)12-10-6-4-5-7-11(10)13-14(12)9(3)15/h8,10,12H,4-7H2,1-3H3/t10-,12+/m0/s1. The first-order chi connectivity index (χ1) is 7.11. The Morgan fingerprint density at radius 3 is 2.80 bits per heavy atom. The summed E-state index contributed by atoms with van der Waals surface area (Å²) in [5.74, 6) is 1.14. The van der Waals surface area contributed by atoms with Crippen LogP contribution in [0.3, 0.4) is 0 Å². The molecule has 0 spiro atoms. The lowest BCUT2D eigenvalue weighted by Crippen LogP contribution is -2.40. The van der Waals surface area contributed by atoms with E-state index in [0.717, 1.165) is 6.42 Å². The monoisotopic (exact) mass is 208 g/mol. The van der Waals surface area contributed by atoms with E-state index in [-0.39, 0.29) is 5.91 Å². The summed E-state index contributed by atoms with van der Waals surface area (Å²) in [7, 11) is 0. The van der Waals surface area contributed by atoms with Gasteiger partial charge in [-0.15, -0.1) is 0 Å². The molecule has 0 aromatic carbocycles. The van der Waals surface area contributed by atoms with E-state index in [4.69, 9.17) is 0 Å². The number of hydrogen-bond acceptors (Lipinski definition) is 2. The van der Waals surface area contributed by atoms with Gasteiger partial charge < -0.3 is 0 Å². The van der Waals surface area contributed by atoms with Gasteiger partial charge in [0.2, 0.25) is 5.91 Å². The number of fused-ring (bicyclic) bond motifs is 1. The number of carbonyl (C=O) groups excluding carboxylic acids is 1. The van der Waals surface area contributed by atoms with Crippen molar-refractivity contribution in [3.63, 3.8) is 0 Å². The SMILES string of the molecule is CC(=O)N1N=C2CCCC[C@@H]2[C@H]1C(C)C. The Kier molecular flexibility index (Phi) is 2.81. The maximum absolute atomic E-state index is 11.5. The minimum atomic E-state index is 0.0931. The van der Waals surface area contributed by atoms with Gasteiger partial charge in [-0.2, -0.15) is 5.10 Å². The molecule has 84 valence electrons. The molecule has 1 aliphatic heterocycles. The third-order valence-corrected chi connectivity index (χ3v) is 3.56. The molecule has 1 saturated carbocycles. The van der Waals surface area contributed by atoms with Gasteiger partial charge in [0.05, 0.1) is 6.04 Å². The zero-order valence-electron chi connectivity index (χ0n) is 9.86. The molecule has 0 unspecified atom stereocenters. The number of amides is 1. The lowest BCUT2D eigenvalue weighted by molar-refractivity contribution is -0.132. The van der Waals surface area contributed by atoms with E-state index in [1.807, 2.05) is 0 Å². The van der Waals surface area contributed by atoms with Gasteiger partial charge in [0.25, 0.3) is 0 Å². The van der Waals surface area contributed by atoms with Crippen LogP contribution < -0.4 is 0 Å². The van der Waals surface area contributed by atoms with Crippen LogP contribution >= 0.6 is 0 Å². The molecule has 2 aliphatic rings. The Balaban J connectivity index is 2.24. The van der Waals surface area contributed by atoms with E-state index in [1.165, 1.54) is 25.0 Å². The second-order valence-electron chi connectivity index (χ2n) is 5.04. The minimum absolute atomic E-state index is 0.0931. The Labute approximate surface area is 91.5 Å². The topological polar surface area (TPSA) is 32.7 Å². The van der Waals surface area contributed by atoms with E-state index < -0.39 is 0 Å². The zero-order valence-corrected chi connectivity index (χ0v) is 9.86. The van der Waals surface area contributed by atoms with Gasteiger partial charge in [-0.3, -0.25) is 4.79 Å². The van der Waals surface area contributed by atoms with Crippen molar-refractivity contribution in [2.24, 2.45) is 16.9 Å². The van der Waals surface area contributed by atoms with E-state index in [9.17, 15) is 4.79 Å². The van der Waals surface area contributed by atoms with Gasteiger partial charge in [0.1, 0.15) is 0 Å². The summed E-state index contributed by atoms with van der Waals surface area (Å²) >= 11 is 0. The summed E-state index contributed by atoms with van der Waals surface area (Å²) in [6.07, 6.45) is 4.84. The first kappa shape index (κ1) is 10.7. The lowest BCUT2D eigenvalue weighted by atomic mass is 9.79. The van der Waals surface area contributed by atoms with Crippen LogP contribution in [-0.2, 0) is 4.79 Å². The highest BCUT2D eigenvalue weighted by Crippen LogP contribution is 2.36. The zero-order chi connectivity index (χ0) is 11.0. The molecule has 0 radical (unpaired) electrons. The average molecular weight is 208 g/mol. The molecule has 0 bridgehead atoms. The fraction of sp³-hybridized carbons (Fsp3) is 0.833. The van der Waals surface area contributed by atoms with E-state index >= 15 is 0 Å². The maximum Gasteiger partial charge on any atom is 0.239 e. The summed E-state index contributed by atoms with van der Waals surface area (Å²) in [5, 5.41) is 6.24. The number of carbonyl (C=O) groups is 1. The van der Waals surface area contributed by atoms with Crippen molar-refractivity contribution in [3.05, 3.63) is 0 Å². The quantitative estimate of drug-likeness (QED) is 0.651. The number of rotatable bonds is 1. The van der Waals surface area contributed by atoms with Crippen LogP contribution in [-0.4, -0.2) is 22.7 Å². The second kappa shape index (κ2) is 3.95. The molecule has 1 aliphatic carbocycles. The third-order valence-electron chi connectivity index (χ3n) is 3.56. The summed E-state index contributed by atoms with van der Waals surface area (Å²) in [5.41, 5.74) is 1.27. The largest absolute Gasteiger partial charge is 0.273 e. The van der Waals surface area contributed by atoms with Crippen molar-refractivity contribution in [2.45, 2.75) is 52.5 Å². The number of hydrogen-bond donors (Lipinski definition) is 0. The molecule has 0 saturated heterocycles. The predicted molar refractivity (Wildman–Crippen MR) is 60.5 cm³/mol. The average Bonchev–Trinajstić information content (AvgIpc) is 2.56. The molecule has 1 amide bonds. The number of nitrogens with zero attached hydrogens (tertiary/aromatic N) is 2. The Morgan fingerprint density at radius 1 is 1.47 bits per heavy atom. The first-order valence-corrected chi connectivity index (χ1v) is 5.98. The first-order valence-electron chi connectivity index (χ1n) is 5.98. The van der Waals surface area contributed by atoms with Gasteiger partial charge in [0, 0.05) is 18.6 Å². The Bertz CT molecular complexity index is 296. The Hall–Kier alpha value is -0.860. The molecular weight excluding hydrogens is 188 g/mol. The smallest absolute Gasteiger partial charge is 0.239 e. The highest BCUT2D eigenvalue weighted by molar-refractivity contribution is 5.92. The van der Waals surface area contributed by atoms with Crippen molar-refractivity contribution in [1.82, 2.24) is 5.01 Å². The fourth-order valence-electron chi connectivity index (χ4n) is 2.92. The maximum atomic E-state index is 11.5. The van der Waals surface area contributed by atoms with Crippen molar-refractivity contribution in [1.29, 1.82) is 0 Å². The van der Waals surface area contributed by atoms with Crippen LogP contribution in [0.1, 0.15) is 46.5 Å². The highest BCUT2D eigenvalue weighted by Gasteiger charge is 2.41. The van der Waals surface area contributed by atoms with Crippen LogP contribution in [0, 0.1) is 11.8 Å². The molecule has 15 heavy (non-hydrogen) atoms. The van der Waals surface area contributed by atoms with Gasteiger partial charge in [-0.05, 0) is 25.2 Å². The van der Waals surface area contributed by atoms with Crippen LogP contribution in [0.5, 0.6) is 0 Å². The lowest BCUT2D eigenvalue weighted by Gasteiger charge is -2.30. The summed E-state index contributed by atoms with van der Waals surface area (Å²) < 4.78 is 0. The molecule has 0 N–H and O–H groups in total. The molecule has 0 aromatic rings. The molecule has 3 nitrogen and oxygen atoms in total. The Morgan fingerprint density at radius 2 is 2.20 bits per heavy atom. The molecular formula is C12H20N2O. The minimum Gasteiger partial charge on any atom is -0.273 e. The van der Waals surface area contributed by atoms with Gasteiger partial charge in [-0.25, -0.2) is 5.01 Å². The van der Waals surface area contributed by atoms with Crippen molar-refractivity contribution in [2.75, 3.05) is 0 Å². The van der Waals surface area contributed by atoms with Gasteiger partial charge in [0.15, 0.2) is 0 Å². The van der Waals surface area contributed by atoms with Gasteiger partial charge >= 0.3 is 0 Å². The molecule has 1 heterocycles. The second-order valence-corrected chi connectivity index (χ2v) is 5.04. The normalized spacial score (nSPS) is 30.4. The third kappa shape index (κ3) is 1.80. The predicted octanol–water partition coefficient (Wildman–Crippen LogP) is 2.42. The van der Waals surface area contributed by atoms with Gasteiger partial charge in [-0.1, -0.05) is 20.3 Å². The van der Waals surface area contributed by atoms with Crippen molar-refractivity contribution >= 4 is 11.6 Å². The molecule has 2 rings (SSSR count). The summed E-state index contributed by atoms with van der Waals surface area (Å²) in [6, 6.07) is 0.317. The molecule has 0 aromatic heterocycles. The molecule has 2 atom stereocenters. The van der Waals surface area contributed by atoms with Crippen LogP contribution in [0.4, 0.5) is 0 Å². The van der Waals surface area contributed by atoms with E-state index in [0.29, 0.717) is 17.9 Å². The number of hydrazone groups is 1. The van der Waals surface area contributed by atoms with Crippen LogP contribution in [0.15, 0.2) is 5.10 Å². The van der Waals surface area contributed by atoms with Crippen LogP contribution in [0.2, 0.25) is 0 Å². The van der Waals surface area contributed by atoms with Crippen molar-refractivity contribution in [3.8, 4) is 0 Å². The fourth-order valence-corrected chi connectivity index (χ4v) is 2.92. The van der Waals surface area contributed by atoms with Crippen LogP contribution in [0.25, 0.3) is 0 Å². The molecule has 3 heteroatoms. The highest BCUT2D eigenvalue weighted by atomic mass is 16.2. The molecule has 1 fully saturated rings. The van der Waals surface area contributed by atoms with E-state index in [2.05, 4.69) is 18.9 Å².